The van der Waals surface area contributed by atoms with Crippen LogP contribution in [0.25, 0.3) is 12.2 Å². The van der Waals surface area contributed by atoms with Gasteiger partial charge in [0.05, 0.1) is 19.8 Å². The van der Waals surface area contributed by atoms with Crippen LogP contribution in [0, 0.1) is 0 Å². The number of esters is 1. The van der Waals surface area contributed by atoms with Crippen LogP contribution >= 0.6 is 15.9 Å². The van der Waals surface area contributed by atoms with Crippen molar-refractivity contribution in [3.63, 3.8) is 0 Å². The number of carbonyl (C=O) groups is 1. The third-order valence-corrected chi connectivity index (χ3v) is 3.27. The van der Waals surface area contributed by atoms with E-state index in [1.54, 1.807) is 25.4 Å². The summed E-state index contributed by atoms with van der Waals surface area (Å²) in [5.74, 6) is 0.209. The van der Waals surface area contributed by atoms with Crippen molar-refractivity contribution < 1.29 is 14.3 Å². The Morgan fingerprint density at radius 2 is 1.90 bits per heavy atom. The molecular formula is C16H14BrNO3. The second-order valence-electron chi connectivity index (χ2n) is 4.23. The van der Waals surface area contributed by atoms with E-state index in [1.165, 1.54) is 7.11 Å². The van der Waals surface area contributed by atoms with E-state index in [-0.39, 0.29) is 0 Å². The fourth-order valence-electron chi connectivity index (χ4n) is 1.75. The Morgan fingerprint density at radius 3 is 2.52 bits per heavy atom. The summed E-state index contributed by atoms with van der Waals surface area (Å²) in [6, 6.07) is 9.04. The van der Waals surface area contributed by atoms with Crippen LogP contribution in [0.4, 0.5) is 0 Å². The molecule has 4 nitrogen and oxygen atoms in total. The quantitative estimate of drug-likeness (QED) is 0.623. The fraction of sp³-hybridized carbons (Fsp3) is 0.125. The first kappa shape index (κ1) is 15.3. The molecule has 5 heteroatoms. The Kier molecular flexibility index (Phi) is 5.11. The van der Waals surface area contributed by atoms with E-state index in [1.807, 2.05) is 30.4 Å². The Morgan fingerprint density at radius 1 is 1.14 bits per heavy atom. The minimum absolute atomic E-state index is 0.395. The number of ether oxygens (including phenoxy) is 2. The van der Waals surface area contributed by atoms with Gasteiger partial charge in [-0.15, -0.1) is 0 Å². The lowest BCUT2D eigenvalue weighted by Gasteiger charge is -2.05. The summed E-state index contributed by atoms with van der Waals surface area (Å²) in [4.78, 5) is 15.8. The van der Waals surface area contributed by atoms with Crippen molar-refractivity contribution in [1.82, 2.24) is 4.98 Å². The zero-order valence-corrected chi connectivity index (χ0v) is 13.3. The number of methoxy groups -OCH3 is 2. The Bertz CT molecular complexity index is 666. The highest BCUT2D eigenvalue weighted by atomic mass is 79.9. The third-order valence-electron chi connectivity index (χ3n) is 2.80. The van der Waals surface area contributed by atoms with Gasteiger partial charge in [-0.2, -0.15) is 0 Å². The number of carbonyl (C=O) groups excluding carboxylic acids is 1. The monoisotopic (exact) mass is 347 g/mol. The normalized spacial score (nSPS) is 10.6. The molecule has 21 heavy (non-hydrogen) atoms. The van der Waals surface area contributed by atoms with Gasteiger partial charge in [0, 0.05) is 6.20 Å². The number of hydrogen-bond acceptors (Lipinski definition) is 4. The molecule has 0 atom stereocenters. The van der Waals surface area contributed by atoms with Crippen LogP contribution in [0.2, 0.25) is 0 Å². The Balaban J connectivity index is 2.30. The number of rotatable bonds is 4. The fourth-order valence-corrected chi connectivity index (χ4v) is 1.98. The van der Waals surface area contributed by atoms with Crippen molar-refractivity contribution in [3.05, 3.63) is 57.8 Å². The molecule has 0 bridgehead atoms. The Labute approximate surface area is 131 Å². The molecule has 0 radical (unpaired) electrons. The first-order chi connectivity index (χ1) is 10.1. The van der Waals surface area contributed by atoms with E-state index in [0.29, 0.717) is 11.3 Å². The molecule has 0 fully saturated rings. The predicted molar refractivity (Wildman–Crippen MR) is 85.2 cm³/mol. The lowest BCUT2D eigenvalue weighted by Crippen LogP contribution is -2.02. The number of pyridine rings is 1. The highest BCUT2D eigenvalue weighted by Gasteiger charge is 2.08. The molecule has 0 unspecified atom stereocenters. The molecule has 2 aromatic rings. The van der Waals surface area contributed by atoms with Crippen molar-refractivity contribution in [2.24, 2.45) is 0 Å². The van der Waals surface area contributed by atoms with Crippen LogP contribution in [0.1, 0.15) is 21.5 Å². The minimum Gasteiger partial charge on any atom is -0.497 e. The van der Waals surface area contributed by atoms with Crippen LogP contribution in [-0.2, 0) is 4.74 Å². The van der Waals surface area contributed by atoms with Gasteiger partial charge in [-0.1, -0.05) is 18.2 Å². The minimum atomic E-state index is -0.395. The maximum Gasteiger partial charge on any atom is 0.338 e. The van der Waals surface area contributed by atoms with Crippen molar-refractivity contribution in [2.75, 3.05) is 14.2 Å². The van der Waals surface area contributed by atoms with E-state index in [2.05, 4.69) is 20.9 Å². The van der Waals surface area contributed by atoms with Crippen molar-refractivity contribution in [2.45, 2.75) is 0 Å². The molecule has 0 saturated carbocycles. The summed E-state index contributed by atoms with van der Waals surface area (Å²) in [5.41, 5.74) is 2.25. The van der Waals surface area contributed by atoms with E-state index < -0.39 is 5.97 Å². The van der Waals surface area contributed by atoms with Crippen LogP contribution in [0.15, 0.2) is 41.1 Å². The predicted octanol–water partition coefficient (Wildman–Crippen LogP) is 3.81. The molecule has 1 aromatic heterocycles. The second kappa shape index (κ2) is 7.04. The van der Waals surface area contributed by atoms with Gasteiger partial charge in [0.1, 0.15) is 10.4 Å². The van der Waals surface area contributed by atoms with Gasteiger partial charge in [0.2, 0.25) is 0 Å². The van der Waals surface area contributed by atoms with E-state index in [9.17, 15) is 4.79 Å². The molecular weight excluding hydrogens is 334 g/mol. The molecule has 108 valence electrons. The van der Waals surface area contributed by atoms with Crippen molar-refractivity contribution in [3.8, 4) is 5.75 Å². The largest absolute Gasteiger partial charge is 0.497 e. The molecule has 0 aliphatic rings. The average Bonchev–Trinajstić information content (AvgIpc) is 2.53. The van der Waals surface area contributed by atoms with E-state index in [0.717, 1.165) is 15.7 Å². The summed E-state index contributed by atoms with van der Waals surface area (Å²) >= 11 is 3.29. The summed E-state index contributed by atoms with van der Waals surface area (Å²) < 4.78 is 10.7. The zero-order chi connectivity index (χ0) is 15.2. The standard InChI is InChI=1S/C16H14BrNO3/c1-20-14-8-12(7-13(9-14)16(19)21-2)4-3-11-5-6-15(17)18-10-11/h3-10H,1-2H3. The van der Waals surface area contributed by atoms with Gasteiger partial charge < -0.3 is 9.47 Å². The first-order valence-electron chi connectivity index (χ1n) is 6.19. The molecule has 0 N–H and O–H groups in total. The molecule has 0 spiro atoms. The zero-order valence-electron chi connectivity index (χ0n) is 11.7. The summed E-state index contributed by atoms with van der Waals surface area (Å²) in [6.45, 7) is 0. The molecule has 2 rings (SSSR count). The van der Waals surface area contributed by atoms with Gasteiger partial charge in [0.25, 0.3) is 0 Å². The van der Waals surface area contributed by atoms with Gasteiger partial charge in [0.15, 0.2) is 0 Å². The maximum atomic E-state index is 11.6. The lowest BCUT2D eigenvalue weighted by molar-refractivity contribution is 0.0600. The smallest absolute Gasteiger partial charge is 0.338 e. The van der Waals surface area contributed by atoms with Crippen molar-refractivity contribution >= 4 is 34.1 Å². The molecule has 0 amide bonds. The van der Waals surface area contributed by atoms with Crippen LogP contribution in [0.5, 0.6) is 5.75 Å². The molecule has 1 heterocycles. The SMILES string of the molecule is COC(=O)c1cc(C=Cc2ccc(Br)nc2)cc(OC)c1. The van der Waals surface area contributed by atoms with Gasteiger partial charge in [-0.05, 0) is 51.3 Å². The Hall–Kier alpha value is -2.14. The number of benzene rings is 1. The average molecular weight is 348 g/mol. The lowest BCUT2D eigenvalue weighted by atomic mass is 10.1. The summed E-state index contributed by atoms with van der Waals surface area (Å²) in [7, 11) is 2.91. The molecule has 0 aliphatic carbocycles. The van der Waals surface area contributed by atoms with Crippen molar-refractivity contribution in [1.29, 1.82) is 0 Å². The highest BCUT2D eigenvalue weighted by Crippen LogP contribution is 2.20. The second-order valence-corrected chi connectivity index (χ2v) is 5.05. The van der Waals surface area contributed by atoms with Crippen LogP contribution < -0.4 is 4.74 Å². The first-order valence-corrected chi connectivity index (χ1v) is 6.98. The van der Waals surface area contributed by atoms with Gasteiger partial charge >= 0.3 is 5.97 Å². The van der Waals surface area contributed by atoms with Crippen LogP contribution in [-0.4, -0.2) is 25.2 Å². The summed E-state index contributed by atoms with van der Waals surface area (Å²) in [6.07, 6.45) is 5.55. The number of nitrogens with zero attached hydrogens (tertiary/aromatic N) is 1. The summed E-state index contributed by atoms with van der Waals surface area (Å²) in [5, 5.41) is 0. The van der Waals surface area contributed by atoms with Gasteiger partial charge in [-0.3, -0.25) is 0 Å². The number of halogens is 1. The van der Waals surface area contributed by atoms with Crippen LogP contribution in [0.3, 0.4) is 0 Å². The van der Waals surface area contributed by atoms with E-state index in [4.69, 9.17) is 9.47 Å². The molecule has 1 aromatic carbocycles. The number of aromatic nitrogens is 1. The van der Waals surface area contributed by atoms with Gasteiger partial charge in [-0.25, -0.2) is 9.78 Å². The number of hydrogen-bond donors (Lipinski definition) is 0. The van der Waals surface area contributed by atoms with E-state index >= 15 is 0 Å². The topological polar surface area (TPSA) is 48.4 Å². The molecule has 0 saturated heterocycles. The molecule has 0 aliphatic heterocycles. The maximum absolute atomic E-state index is 11.6. The highest BCUT2D eigenvalue weighted by molar-refractivity contribution is 9.10. The third kappa shape index (κ3) is 4.16.